The van der Waals surface area contributed by atoms with Gasteiger partial charge in [0.15, 0.2) is 0 Å². The molecule has 0 aliphatic carbocycles. The molecule has 0 bridgehead atoms. The molecule has 1 aliphatic rings. The summed E-state index contributed by atoms with van der Waals surface area (Å²) >= 11 is 0. The van der Waals surface area contributed by atoms with Crippen LogP contribution in [0.3, 0.4) is 0 Å². The number of imide groups is 1. The molecule has 14 heavy (non-hydrogen) atoms. The summed E-state index contributed by atoms with van der Waals surface area (Å²) in [6.07, 6.45) is 2.73. The van der Waals surface area contributed by atoms with Gasteiger partial charge < -0.3 is 4.52 Å². The Hall–Kier alpha value is -1.91. The van der Waals surface area contributed by atoms with Gasteiger partial charge >= 0.3 is 0 Å². The van der Waals surface area contributed by atoms with Crippen LogP contribution in [0.15, 0.2) is 28.5 Å². The predicted octanol–water partition coefficient (Wildman–Crippen LogP) is 0.490. The maximum absolute atomic E-state index is 11.4. The van der Waals surface area contributed by atoms with E-state index in [-0.39, 0.29) is 18.4 Å². The Morgan fingerprint density at radius 2 is 2.29 bits per heavy atom. The summed E-state index contributed by atoms with van der Waals surface area (Å²) in [6, 6.07) is 1.62. The minimum absolute atomic E-state index is 0.169. The molecule has 2 amide bonds. The number of aromatic nitrogens is 1. The van der Waals surface area contributed by atoms with Crippen molar-refractivity contribution in [2.75, 3.05) is 0 Å². The van der Waals surface area contributed by atoms with Crippen LogP contribution in [0, 0.1) is 0 Å². The first-order chi connectivity index (χ1) is 6.68. The van der Waals surface area contributed by atoms with Gasteiger partial charge in [-0.2, -0.15) is 0 Å². The van der Waals surface area contributed by atoms with E-state index >= 15 is 0 Å². The Balaban J connectivity index is 2.15. The first-order valence-electron chi connectivity index (χ1n) is 4.12. The summed E-state index contributed by atoms with van der Waals surface area (Å²) in [4.78, 5) is 23.8. The van der Waals surface area contributed by atoms with Crippen molar-refractivity contribution in [3.8, 4) is 0 Å². The first kappa shape index (κ1) is 8.68. The van der Waals surface area contributed by atoms with E-state index in [4.69, 9.17) is 0 Å². The third kappa shape index (κ3) is 1.32. The van der Waals surface area contributed by atoms with Crippen molar-refractivity contribution >= 4 is 11.8 Å². The normalized spacial score (nSPS) is 16.4. The summed E-state index contributed by atoms with van der Waals surface area (Å²) in [5.41, 5.74) is 1.02. The highest BCUT2D eigenvalue weighted by Gasteiger charge is 2.28. The largest absolute Gasteiger partial charge is 0.364 e. The lowest BCUT2D eigenvalue weighted by atomic mass is 10.3. The smallest absolute Gasteiger partial charge is 0.256 e. The summed E-state index contributed by atoms with van der Waals surface area (Å²) in [7, 11) is 0. The fraction of sp³-hybridized carbons (Fsp3) is 0.222. The van der Waals surface area contributed by atoms with E-state index in [9.17, 15) is 9.59 Å². The van der Waals surface area contributed by atoms with Gasteiger partial charge in [0.25, 0.3) is 11.8 Å². The summed E-state index contributed by atoms with van der Waals surface area (Å²) in [5, 5.41) is 3.63. The van der Waals surface area contributed by atoms with Crippen LogP contribution in [-0.4, -0.2) is 21.9 Å². The summed E-state index contributed by atoms with van der Waals surface area (Å²) in [6.45, 7) is 1.78. The van der Waals surface area contributed by atoms with E-state index in [0.717, 1.165) is 4.90 Å². The second-order valence-electron chi connectivity index (χ2n) is 3.05. The van der Waals surface area contributed by atoms with Crippen LogP contribution in [0.25, 0.3) is 0 Å². The Kier molecular flexibility index (Phi) is 1.92. The number of rotatable bonds is 2. The lowest BCUT2D eigenvalue weighted by Crippen LogP contribution is -2.30. The van der Waals surface area contributed by atoms with Crippen molar-refractivity contribution in [1.29, 1.82) is 0 Å². The fourth-order valence-electron chi connectivity index (χ4n) is 1.27. The SMILES string of the molecule is CC1=CC(=O)N(Cc2ccon2)C1=O. The Morgan fingerprint density at radius 3 is 2.79 bits per heavy atom. The van der Waals surface area contributed by atoms with E-state index in [1.807, 2.05) is 0 Å². The molecule has 1 aliphatic heterocycles. The minimum atomic E-state index is -0.296. The molecule has 2 heterocycles. The van der Waals surface area contributed by atoms with Crippen LogP contribution in [0.5, 0.6) is 0 Å². The molecule has 72 valence electrons. The third-order valence-electron chi connectivity index (χ3n) is 2.00. The molecule has 0 spiro atoms. The summed E-state index contributed by atoms with van der Waals surface area (Å²) in [5.74, 6) is -0.562. The molecular weight excluding hydrogens is 184 g/mol. The molecule has 0 atom stereocenters. The Bertz CT molecular complexity index is 406. The van der Waals surface area contributed by atoms with Gasteiger partial charge in [-0.15, -0.1) is 0 Å². The molecular formula is C9H8N2O3. The quantitative estimate of drug-likeness (QED) is 0.639. The van der Waals surface area contributed by atoms with Gasteiger partial charge in [-0.05, 0) is 6.92 Å². The molecule has 1 aromatic heterocycles. The highest BCUT2D eigenvalue weighted by Crippen LogP contribution is 2.14. The second-order valence-corrected chi connectivity index (χ2v) is 3.05. The molecule has 0 saturated heterocycles. The second kappa shape index (κ2) is 3.10. The molecule has 0 unspecified atom stereocenters. The van der Waals surface area contributed by atoms with Gasteiger partial charge in [-0.1, -0.05) is 5.16 Å². The van der Waals surface area contributed by atoms with Crippen LogP contribution in [0.1, 0.15) is 12.6 Å². The zero-order valence-corrected chi connectivity index (χ0v) is 7.56. The average Bonchev–Trinajstić information content (AvgIpc) is 2.71. The van der Waals surface area contributed by atoms with Gasteiger partial charge in [-0.25, -0.2) is 0 Å². The van der Waals surface area contributed by atoms with E-state index in [0.29, 0.717) is 11.3 Å². The van der Waals surface area contributed by atoms with Crippen molar-refractivity contribution < 1.29 is 14.1 Å². The molecule has 0 saturated carbocycles. The van der Waals surface area contributed by atoms with E-state index in [1.54, 1.807) is 13.0 Å². The maximum Gasteiger partial charge on any atom is 0.256 e. The van der Waals surface area contributed by atoms with E-state index in [1.165, 1.54) is 12.3 Å². The number of hydrogen-bond acceptors (Lipinski definition) is 4. The van der Waals surface area contributed by atoms with Crippen LogP contribution in [0.2, 0.25) is 0 Å². The van der Waals surface area contributed by atoms with E-state index in [2.05, 4.69) is 9.68 Å². The van der Waals surface area contributed by atoms with Crippen LogP contribution in [0.4, 0.5) is 0 Å². The topological polar surface area (TPSA) is 63.4 Å². The highest BCUT2D eigenvalue weighted by atomic mass is 16.5. The molecule has 0 radical (unpaired) electrons. The molecule has 1 aromatic rings. The molecule has 5 nitrogen and oxygen atoms in total. The van der Waals surface area contributed by atoms with Crippen molar-refractivity contribution in [1.82, 2.24) is 10.1 Å². The fourth-order valence-corrected chi connectivity index (χ4v) is 1.27. The number of hydrogen-bond donors (Lipinski definition) is 0. The van der Waals surface area contributed by atoms with Gasteiger partial charge in [0, 0.05) is 17.7 Å². The number of amides is 2. The van der Waals surface area contributed by atoms with Crippen LogP contribution >= 0.6 is 0 Å². The standard InChI is InChI=1S/C9H8N2O3/c1-6-4-8(12)11(9(6)13)5-7-2-3-14-10-7/h2-4H,5H2,1H3. The first-order valence-corrected chi connectivity index (χ1v) is 4.12. The zero-order chi connectivity index (χ0) is 10.1. The van der Waals surface area contributed by atoms with Gasteiger partial charge in [0.05, 0.1) is 6.54 Å². The van der Waals surface area contributed by atoms with Crippen molar-refractivity contribution in [2.24, 2.45) is 0 Å². The van der Waals surface area contributed by atoms with E-state index < -0.39 is 0 Å². The van der Waals surface area contributed by atoms with Gasteiger partial charge in [0.1, 0.15) is 12.0 Å². The number of carbonyl (C=O) groups excluding carboxylic acids is 2. The minimum Gasteiger partial charge on any atom is -0.364 e. The van der Waals surface area contributed by atoms with Crippen molar-refractivity contribution in [3.63, 3.8) is 0 Å². The molecule has 0 fully saturated rings. The predicted molar refractivity (Wildman–Crippen MR) is 45.8 cm³/mol. The molecule has 2 rings (SSSR count). The van der Waals surface area contributed by atoms with Gasteiger partial charge in [0.2, 0.25) is 0 Å². The van der Waals surface area contributed by atoms with Gasteiger partial charge in [-0.3, -0.25) is 14.5 Å². The van der Waals surface area contributed by atoms with Crippen LogP contribution < -0.4 is 0 Å². The molecule has 0 aromatic carbocycles. The average molecular weight is 192 g/mol. The number of carbonyl (C=O) groups is 2. The lowest BCUT2D eigenvalue weighted by molar-refractivity contribution is -0.137. The monoisotopic (exact) mass is 192 g/mol. The Morgan fingerprint density at radius 1 is 1.50 bits per heavy atom. The maximum atomic E-state index is 11.4. The Labute approximate surface area is 80.0 Å². The lowest BCUT2D eigenvalue weighted by Gasteiger charge is -2.11. The van der Waals surface area contributed by atoms with Crippen molar-refractivity contribution in [3.05, 3.63) is 29.7 Å². The molecule has 5 heteroatoms. The molecule has 0 N–H and O–H groups in total. The third-order valence-corrected chi connectivity index (χ3v) is 2.00. The zero-order valence-electron chi connectivity index (χ0n) is 7.56. The highest BCUT2D eigenvalue weighted by molar-refractivity contribution is 6.15. The summed E-state index contributed by atoms with van der Waals surface area (Å²) < 4.78 is 4.61. The van der Waals surface area contributed by atoms with Crippen LogP contribution in [-0.2, 0) is 16.1 Å². The van der Waals surface area contributed by atoms with Crippen molar-refractivity contribution in [2.45, 2.75) is 13.5 Å². The number of nitrogens with zero attached hydrogens (tertiary/aromatic N) is 2.